The molecule has 1 aliphatic heterocycles. The van der Waals surface area contributed by atoms with E-state index in [1.54, 1.807) is 0 Å². The number of fused-ring (bicyclic) bond motifs is 1. The van der Waals surface area contributed by atoms with Crippen LogP contribution in [0.5, 0.6) is 0 Å². The van der Waals surface area contributed by atoms with Gasteiger partial charge in [-0.2, -0.15) is 0 Å². The van der Waals surface area contributed by atoms with E-state index >= 15 is 0 Å². The van der Waals surface area contributed by atoms with Gasteiger partial charge < -0.3 is 14.4 Å². The van der Waals surface area contributed by atoms with Crippen LogP contribution in [0.15, 0.2) is 24.3 Å². The molecule has 1 aromatic carbocycles. The lowest BCUT2D eigenvalue weighted by atomic mass is 9.78. The SMILES string of the molecule is CCn1c(CN2CC(CC(=O)O)OC3(CCC3)C2)nc2ccccc21. The molecule has 1 atom stereocenters. The normalized spacial score (nSPS) is 23.0. The molecule has 1 aliphatic carbocycles. The van der Waals surface area contributed by atoms with E-state index in [9.17, 15) is 4.79 Å². The number of carboxylic acid groups (broad SMARTS) is 1. The Kier molecular flexibility index (Phi) is 4.25. The van der Waals surface area contributed by atoms with Crippen molar-refractivity contribution in [1.82, 2.24) is 14.5 Å². The van der Waals surface area contributed by atoms with Gasteiger partial charge >= 0.3 is 5.97 Å². The lowest BCUT2D eigenvalue weighted by molar-refractivity contribution is -0.197. The number of benzene rings is 1. The van der Waals surface area contributed by atoms with Gasteiger partial charge in [0.15, 0.2) is 0 Å². The fraction of sp³-hybridized carbons (Fsp3) is 0.579. The molecule has 6 nitrogen and oxygen atoms in total. The summed E-state index contributed by atoms with van der Waals surface area (Å²) >= 11 is 0. The fourth-order valence-corrected chi connectivity index (χ4v) is 4.26. The first kappa shape index (κ1) is 16.5. The predicted molar refractivity (Wildman–Crippen MR) is 94.4 cm³/mol. The molecular formula is C19H25N3O3. The van der Waals surface area contributed by atoms with Crippen molar-refractivity contribution < 1.29 is 14.6 Å². The van der Waals surface area contributed by atoms with E-state index in [0.717, 1.165) is 49.3 Å². The Bertz CT molecular complexity index is 781. The zero-order valence-electron chi connectivity index (χ0n) is 14.6. The summed E-state index contributed by atoms with van der Waals surface area (Å²) in [5.41, 5.74) is 2.04. The Morgan fingerprint density at radius 2 is 2.20 bits per heavy atom. The van der Waals surface area contributed by atoms with Gasteiger partial charge in [-0.1, -0.05) is 12.1 Å². The van der Waals surface area contributed by atoms with Crippen LogP contribution in [0.1, 0.15) is 38.4 Å². The average Bonchev–Trinajstić information content (AvgIpc) is 2.89. The molecule has 1 saturated carbocycles. The zero-order valence-corrected chi connectivity index (χ0v) is 14.6. The summed E-state index contributed by atoms with van der Waals surface area (Å²) in [6.45, 7) is 5.28. The average molecular weight is 343 g/mol. The number of carbonyl (C=O) groups is 1. The Morgan fingerprint density at radius 3 is 2.88 bits per heavy atom. The number of morpholine rings is 1. The van der Waals surface area contributed by atoms with E-state index in [1.165, 1.54) is 6.42 Å². The van der Waals surface area contributed by atoms with Gasteiger partial charge in [-0.3, -0.25) is 9.69 Å². The first-order chi connectivity index (χ1) is 12.1. The van der Waals surface area contributed by atoms with Gasteiger partial charge in [0.1, 0.15) is 5.82 Å². The topological polar surface area (TPSA) is 67.6 Å². The Labute approximate surface area is 147 Å². The van der Waals surface area contributed by atoms with Crippen LogP contribution < -0.4 is 0 Å². The molecule has 6 heteroatoms. The van der Waals surface area contributed by atoms with Crippen molar-refractivity contribution in [2.24, 2.45) is 0 Å². The summed E-state index contributed by atoms with van der Waals surface area (Å²) < 4.78 is 8.41. The highest BCUT2D eigenvalue weighted by atomic mass is 16.5. The number of hydrogen-bond acceptors (Lipinski definition) is 4. The minimum Gasteiger partial charge on any atom is -0.481 e. The van der Waals surface area contributed by atoms with Gasteiger partial charge in [-0.25, -0.2) is 4.98 Å². The minimum atomic E-state index is -0.790. The van der Waals surface area contributed by atoms with Crippen molar-refractivity contribution in [3.8, 4) is 0 Å². The van der Waals surface area contributed by atoms with Crippen molar-refractivity contribution in [1.29, 1.82) is 0 Å². The molecule has 1 N–H and O–H groups in total. The zero-order chi connectivity index (χ0) is 17.4. The molecule has 0 bridgehead atoms. The molecule has 4 rings (SSSR count). The molecule has 25 heavy (non-hydrogen) atoms. The predicted octanol–water partition coefficient (Wildman–Crippen LogP) is 2.65. The maximum absolute atomic E-state index is 11.2. The lowest BCUT2D eigenvalue weighted by Gasteiger charge is -2.51. The summed E-state index contributed by atoms with van der Waals surface area (Å²) in [7, 11) is 0. The van der Waals surface area contributed by atoms with E-state index in [1.807, 2.05) is 18.2 Å². The van der Waals surface area contributed by atoms with Gasteiger partial charge in [-0.05, 0) is 38.3 Å². The van der Waals surface area contributed by atoms with Crippen molar-refractivity contribution in [3.05, 3.63) is 30.1 Å². The monoisotopic (exact) mass is 343 g/mol. The number of para-hydroxylation sites is 2. The molecule has 0 radical (unpaired) electrons. The molecule has 134 valence electrons. The van der Waals surface area contributed by atoms with Crippen LogP contribution in [0.25, 0.3) is 11.0 Å². The molecule has 1 unspecified atom stereocenters. The van der Waals surface area contributed by atoms with Crippen molar-refractivity contribution in [2.75, 3.05) is 13.1 Å². The van der Waals surface area contributed by atoms with Crippen LogP contribution in [0, 0.1) is 0 Å². The van der Waals surface area contributed by atoms with Crippen LogP contribution in [0.4, 0.5) is 0 Å². The Morgan fingerprint density at radius 1 is 1.40 bits per heavy atom. The van der Waals surface area contributed by atoms with E-state index in [-0.39, 0.29) is 18.1 Å². The number of imidazole rings is 1. The van der Waals surface area contributed by atoms with Crippen molar-refractivity contribution >= 4 is 17.0 Å². The summed E-state index contributed by atoms with van der Waals surface area (Å²) in [4.78, 5) is 18.3. The number of ether oxygens (including phenoxy) is 1. The molecule has 1 aromatic heterocycles. The first-order valence-electron chi connectivity index (χ1n) is 9.15. The molecule has 0 amide bonds. The summed E-state index contributed by atoms with van der Waals surface area (Å²) in [6.07, 6.45) is 3.07. The third kappa shape index (κ3) is 3.16. The largest absolute Gasteiger partial charge is 0.481 e. The van der Waals surface area contributed by atoms with Crippen LogP contribution in [0.2, 0.25) is 0 Å². The molecule has 2 heterocycles. The molecule has 1 saturated heterocycles. The number of nitrogens with zero attached hydrogens (tertiary/aromatic N) is 3. The van der Waals surface area contributed by atoms with Gasteiger partial charge in [0.2, 0.25) is 0 Å². The number of aryl methyl sites for hydroxylation is 1. The van der Waals surface area contributed by atoms with E-state index < -0.39 is 5.97 Å². The maximum Gasteiger partial charge on any atom is 0.306 e. The standard InChI is InChI=1S/C19H25N3O3/c1-2-22-16-7-4-3-6-15(16)20-17(22)12-21-11-14(10-18(23)24)25-19(13-21)8-5-9-19/h3-4,6-7,14H,2,5,8-13H2,1H3,(H,23,24). The first-order valence-corrected chi connectivity index (χ1v) is 9.15. The van der Waals surface area contributed by atoms with Crippen LogP contribution in [-0.4, -0.2) is 50.3 Å². The number of aromatic nitrogens is 2. The van der Waals surface area contributed by atoms with Crippen LogP contribution in [-0.2, 0) is 22.6 Å². The second-order valence-corrected chi connectivity index (χ2v) is 7.30. The maximum atomic E-state index is 11.2. The molecule has 2 aromatic rings. The lowest BCUT2D eigenvalue weighted by Crippen LogP contribution is -2.59. The molecular weight excluding hydrogens is 318 g/mol. The van der Waals surface area contributed by atoms with E-state index in [0.29, 0.717) is 6.54 Å². The smallest absolute Gasteiger partial charge is 0.306 e. The second-order valence-electron chi connectivity index (χ2n) is 7.30. The summed E-state index contributed by atoms with van der Waals surface area (Å²) in [6, 6.07) is 8.21. The summed E-state index contributed by atoms with van der Waals surface area (Å²) in [5.74, 6) is 0.260. The minimum absolute atomic E-state index is 0.0719. The van der Waals surface area contributed by atoms with Gasteiger partial charge in [-0.15, -0.1) is 0 Å². The highest BCUT2D eigenvalue weighted by molar-refractivity contribution is 5.75. The quantitative estimate of drug-likeness (QED) is 0.904. The van der Waals surface area contributed by atoms with Crippen LogP contribution >= 0.6 is 0 Å². The number of rotatable bonds is 5. The van der Waals surface area contributed by atoms with Gasteiger partial charge in [0.05, 0.1) is 35.7 Å². The Balaban J connectivity index is 1.57. The number of aliphatic carboxylic acids is 1. The van der Waals surface area contributed by atoms with E-state index in [2.05, 4.69) is 22.5 Å². The summed E-state index contributed by atoms with van der Waals surface area (Å²) in [5, 5.41) is 9.17. The third-order valence-corrected chi connectivity index (χ3v) is 5.47. The molecule has 2 fully saturated rings. The highest BCUT2D eigenvalue weighted by Crippen LogP contribution is 2.40. The molecule has 1 spiro atoms. The van der Waals surface area contributed by atoms with Crippen molar-refractivity contribution in [2.45, 2.75) is 57.4 Å². The van der Waals surface area contributed by atoms with Crippen molar-refractivity contribution in [3.63, 3.8) is 0 Å². The van der Waals surface area contributed by atoms with Gasteiger partial charge in [0, 0.05) is 19.6 Å². The number of carboxylic acids is 1. The Hall–Kier alpha value is -1.92. The van der Waals surface area contributed by atoms with Crippen LogP contribution in [0.3, 0.4) is 0 Å². The number of hydrogen-bond donors (Lipinski definition) is 1. The van der Waals surface area contributed by atoms with Gasteiger partial charge in [0.25, 0.3) is 0 Å². The third-order valence-electron chi connectivity index (χ3n) is 5.47. The molecule has 2 aliphatic rings. The highest BCUT2D eigenvalue weighted by Gasteiger charge is 2.45. The fourth-order valence-electron chi connectivity index (χ4n) is 4.26. The van der Waals surface area contributed by atoms with E-state index in [4.69, 9.17) is 14.8 Å². The second kappa shape index (κ2) is 6.42.